The first-order valence-corrected chi connectivity index (χ1v) is 5.85. The molecule has 0 spiro atoms. The van der Waals surface area contributed by atoms with Crippen molar-refractivity contribution in [3.8, 4) is 0 Å². The molecule has 2 nitrogen and oxygen atoms in total. The second-order valence-corrected chi connectivity index (χ2v) is 4.74. The van der Waals surface area contributed by atoms with Crippen molar-refractivity contribution in [1.82, 2.24) is 5.32 Å². The molecule has 1 fully saturated rings. The Hall–Kier alpha value is -0.440. The monoisotopic (exact) mass is 199 g/mol. The standard InChI is InChI=1S/C10H17NOS/c1-8(2)6-11-10(12)9-4-3-5-13-7-9/h9H,1,3-7H2,2H3,(H,11,12). The quantitative estimate of drug-likeness (QED) is 0.702. The first kappa shape index (κ1) is 10.6. The molecule has 0 saturated carbocycles. The van der Waals surface area contributed by atoms with Gasteiger partial charge in [-0.2, -0.15) is 11.8 Å². The van der Waals surface area contributed by atoms with E-state index in [-0.39, 0.29) is 11.8 Å². The Balaban J connectivity index is 2.25. The van der Waals surface area contributed by atoms with E-state index in [1.807, 2.05) is 18.7 Å². The summed E-state index contributed by atoms with van der Waals surface area (Å²) in [6.45, 7) is 6.30. The van der Waals surface area contributed by atoms with E-state index in [1.165, 1.54) is 12.2 Å². The molecule has 1 atom stereocenters. The van der Waals surface area contributed by atoms with E-state index >= 15 is 0 Å². The molecule has 1 aliphatic rings. The van der Waals surface area contributed by atoms with Crippen LogP contribution >= 0.6 is 11.8 Å². The molecule has 1 heterocycles. The molecule has 0 aliphatic carbocycles. The highest BCUT2D eigenvalue weighted by molar-refractivity contribution is 7.99. The second kappa shape index (κ2) is 5.32. The van der Waals surface area contributed by atoms with Crippen LogP contribution in [-0.4, -0.2) is 24.0 Å². The van der Waals surface area contributed by atoms with Gasteiger partial charge in [0.1, 0.15) is 0 Å². The lowest BCUT2D eigenvalue weighted by Crippen LogP contribution is -2.34. The highest BCUT2D eigenvalue weighted by Crippen LogP contribution is 2.22. The van der Waals surface area contributed by atoms with Crippen LogP contribution < -0.4 is 5.32 Å². The highest BCUT2D eigenvalue weighted by atomic mass is 32.2. The average Bonchev–Trinajstić information content (AvgIpc) is 2.15. The maximum Gasteiger partial charge on any atom is 0.224 e. The van der Waals surface area contributed by atoms with Crippen LogP contribution in [0.1, 0.15) is 19.8 Å². The van der Waals surface area contributed by atoms with Crippen molar-refractivity contribution >= 4 is 17.7 Å². The first-order chi connectivity index (χ1) is 6.20. The minimum Gasteiger partial charge on any atom is -0.352 e. The number of rotatable bonds is 3. The third-order valence-electron chi connectivity index (χ3n) is 2.10. The summed E-state index contributed by atoms with van der Waals surface area (Å²) in [6, 6.07) is 0. The summed E-state index contributed by atoms with van der Waals surface area (Å²) in [6.07, 6.45) is 2.23. The van der Waals surface area contributed by atoms with E-state index in [1.54, 1.807) is 0 Å². The molecule has 3 heteroatoms. The smallest absolute Gasteiger partial charge is 0.224 e. The summed E-state index contributed by atoms with van der Waals surface area (Å²) in [7, 11) is 0. The summed E-state index contributed by atoms with van der Waals surface area (Å²) >= 11 is 1.88. The molecule has 0 aromatic rings. The van der Waals surface area contributed by atoms with Crippen LogP contribution in [-0.2, 0) is 4.79 Å². The number of amides is 1. The molecule has 0 aromatic heterocycles. The van der Waals surface area contributed by atoms with Gasteiger partial charge in [0.05, 0.1) is 0 Å². The van der Waals surface area contributed by atoms with Crippen molar-refractivity contribution in [3.63, 3.8) is 0 Å². The topological polar surface area (TPSA) is 29.1 Å². The predicted molar refractivity (Wildman–Crippen MR) is 57.9 cm³/mol. The molecule has 1 rings (SSSR count). The van der Waals surface area contributed by atoms with Gasteiger partial charge >= 0.3 is 0 Å². The molecule has 74 valence electrons. The Morgan fingerprint density at radius 3 is 3.00 bits per heavy atom. The Morgan fingerprint density at radius 1 is 1.69 bits per heavy atom. The number of carbonyl (C=O) groups excluding carboxylic acids is 1. The van der Waals surface area contributed by atoms with Gasteiger partial charge in [0.15, 0.2) is 0 Å². The highest BCUT2D eigenvalue weighted by Gasteiger charge is 2.20. The van der Waals surface area contributed by atoms with Crippen LogP contribution in [0.25, 0.3) is 0 Å². The van der Waals surface area contributed by atoms with Crippen molar-refractivity contribution in [1.29, 1.82) is 0 Å². The molecule has 0 radical (unpaired) electrons. The van der Waals surface area contributed by atoms with Crippen LogP contribution in [0, 0.1) is 5.92 Å². The van der Waals surface area contributed by atoms with Gasteiger partial charge in [0, 0.05) is 18.2 Å². The van der Waals surface area contributed by atoms with E-state index in [9.17, 15) is 4.79 Å². The zero-order valence-electron chi connectivity index (χ0n) is 8.14. The molecule has 1 aliphatic heterocycles. The number of nitrogens with one attached hydrogen (secondary N) is 1. The number of hydrogen-bond acceptors (Lipinski definition) is 2. The van der Waals surface area contributed by atoms with Crippen molar-refractivity contribution in [3.05, 3.63) is 12.2 Å². The second-order valence-electron chi connectivity index (χ2n) is 3.59. The first-order valence-electron chi connectivity index (χ1n) is 4.70. The third-order valence-corrected chi connectivity index (χ3v) is 3.31. The number of carbonyl (C=O) groups is 1. The van der Waals surface area contributed by atoms with Gasteiger partial charge in [0.25, 0.3) is 0 Å². The molecule has 1 N–H and O–H groups in total. The van der Waals surface area contributed by atoms with Crippen LogP contribution in [0.5, 0.6) is 0 Å². The Kier molecular flexibility index (Phi) is 4.36. The Morgan fingerprint density at radius 2 is 2.46 bits per heavy atom. The fourth-order valence-corrected chi connectivity index (χ4v) is 2.47. The third kappa shape index (κ3) is 3.85. The lowest BCUT2D eigenvalue weighted by atomic mass is 10.0. The van der Waals surface area contributed by atoms with E-state index in [4.69, 9.17) is 0 Å². The summed E-state index contributed by atoms with van der Waals surface area (Å²) in [4.78, 5) is 11.5. The van der Waals surface area contributed by atoms with Gasteiger partial charge in [-0.05, 0) is 25.5 Å². The molecular weight excluding hydrogens is 182 g/mol. The summed E-state index contributed by atoms with van der Waals surface area (Å²) in [5.74, 6) is 2.64. The molecule has 1 saturated heterocycles. The molecule has 0 aromatic carbocycles. The molecule has 1 amide bonds. The predicted octanol–water partition coefficient (Wildman–Crippen LogP) is 1.82. The maximum atomic E-state index is 11.5. The van der Waals surface area contributed by atoms with E-state index in [0.717, 1.165) is 17.7 Å². The summed E-state index contributed by atoms with van der Waals surface area (Å²) in [5, 5.41) is 2.90. The molecule has 13 heavy (non-hydrogen) atoms. The maximum absolute atomic E-state index is 11.5. The van der Waals surface area contributed by atoms with Gasteiger partial charge in [-0.1, -0.05) is 12.2 Å². The van der Waals surface area contributed by atoms with Crippen molar-refractivity contribution in [2.75, 3.05) is 18.1 Å². The molecular formula is C10H17NOS. The van der Waals surface area contributed by atoms with Gasteiger partial charge in [0.2, 0.25) is 5.91 Å². The minimum atomic E-state index is 0.204. The number of thioether (sulfide) groups is 1. The average molecular weight is 199 g/mol. The van der Waals surface area contributed by atoms with Gasteiger partial charge in [-0.25, -0.2) is 0 Å². The lowest BCUT2D eigenvalue weighted by Gasteiger charge is -2.20. The summed E-state index contributed by atoms with van der Waals surface area (Å²) in [5.41, 5.74) is 1.01. The van der Waals surface area contributed by atoms with Crippen LogP contribution in [0.2, 0.25) is 0 Å². The van der Waals surface area contributed by atoms with E-state index in [0.29, 0.717) is 6.54 Å². The molecule has 1 unspecified atom stereocenters. The lowest BCUT2D eigenvalue weighted by molar-refractivity contribution is -0.124. The van der Waals surface area contributed by atoms with Gasteiger partial charge in [-0.3, -0.25) is 4.79 Å². The normalized spacial score (nSPS) is 22.4. The Labute approximate surface area is 84.2 Å². The Bertz CT molecular complexity index is 197. The fourth-order valence-electron chi connectivity index (χ4n) is 1.33. The molecule has 0 bridgehead atoms. The van der Waals surface area contributed by atoms with Crippen LogP contribution in [0.15, 0.2) is 12.2 Å². The minimum absolute atomic E-state index is 0.204. The van der Waals surface area contributed by atoms with E-state index in [2.05, 4.69) is 11.9 Å². The van der Waals surface area contributed by atoms with Crippen molar-refractivity contribution < 1.29 is 4.79 Å². The number of hydrogen-bond donors (Lipinski definition) is 1. The zero-order chi connectivity index (χ0) is 9.68. The van der Waals surface area contributed by atoms with Crippen LogP contribution in [0.4, 0.5) is 0 Å². The van der Waals surface area contributed by atoms with Gasteiger partial charge in [-0.15, -0.1) is 0 Å². The van der Waals surface area contributed by atoms with Gasteiger partial charge < -0.3 is 5.32 Å². The van der Waals surface area contributed by atoms with Crippen molar-refractivity contribution in [2.45, 2.75) is 19.8 Å². The SMILES string of the molecule is C=C(C)CNC(=O)C1CCCSC1. The van der Waals surface area contributed by atoms with Crippen molar-refractivity contribution in [2.24, 2.45) is 5.92 Å². The van der Waals surface area contributed by atoms with Crippen LogP contribution in [0.3, 0.4) is 0 Å². The fraction of sp³-hybridized carbons (Fsp3) is 0.700. The largest absolute Gasteiger partial charge is 0.352 e. The summed E-state index contributed by atoms with van der Waals surface area (Å²) < 4.78 is 0. The van der Waals surface area contributed by atoms with E-state index < -0.39 is 0 Å². The zero-order valence-corrected chi connectivity index (χ0v) is 8.95.